The molecule has 2 N–H and O–H groups in total. The van der Waals surface area contributed by atoms with Gasteiger partial charge in [-0.3, -0.25) is 4.79 Å². The average molecular weight is 456 g/mol. The van der Waals surface area contributed by atoms with Gasteiger partial charge >= 0.3 is 0 Å². The summed E-state index contributed by atoms with van der Waals surface area (Å²) in [6, 6.07) is 13.8. The second-order valence-corrected chi connectivity index (χ2v) is 9.51. The first-order chi connectivity index (χ1) is 16.6. The number of rotatable bonds is 3. The van der Waals surface area contributed by atoms with E-state index in [-0.39, 0.29) is 18.0 Å². The summed E-state index contributed by atoms with van der Waals surface area (Å²) in [5.74, 6) is 0.937. The number of para-hydroxylation sites is 1. The maximum absolute atomic E-state index is 13.5. The highest BCUT2D eigenvalue weighted by molar-refractivity contribution is 5.95. The number of anilines is 1. The maximum atomic E-state index is 13.5. The molecule has 0 radical (unpaired) electrons. The Balaban J connectivity index is 1.33. The Kier molecular flexibility index (Phi) is 5.17. The normalized spacial score (nSPS) is 21.0. The summed E-state index contributed by atoms with van der Waals surface area (Å²) in [6.45, 7) is 4.52. The second-order valence-electron chi connectivity index (χ2n) is 9.51. The first kappa shape index (κ1) is 21.0. The number of pyridine rings is 1. The van der Waals surface area contributed by atoms with E-state index in [1.54, 1.807) is 0 Å². The minimum absolute atomic E-state index is 0.0385. The number of hydrogen-bond donors (Lipinski definition) is 1. The number of hydrogen-bond acceptors (Lipinski definition) is 6. The molecule has 174 valence electrons. The number of aryl methyl sites for hydroxylation is 1. The summed E-state index contributed by atoms with van der Waals surface area (Å²) in [6.07, 6.45) is 5.95. The molecule has 8 nitrogen and oxygen atoms in total. The molecule has 0 saturated carbocycles. The van der Waals surface area contributed by atoms with E-state index in [4.69, 9.17) is 15.8 Å². The Morgan fingerprint density at radius 2 is 1.94 bits per heavy atom. The number of likely N-dealkylation sites (tertiary alicyclic amines) is 1. The maximum Gasteiger partial charge on any atom is 0.273 e. The van der Waals surface area contributed by atoms with Gasteiger partial charge < -0.3 is 15.5 Å². The Morgan fingerprint density at radius 3 is 2.79 bits per heavy atom. The predicted octanol–water partition coefficient (Wildman–Crippen LogP) is 3.49. The van der Waals surface area contributed by atoms with Gasteiger partial charge in [0.25, 0.3) is 5.91 Å². The van der Waals surface area contributed by atoms with Crippen molar-refractivity contribution in [3.05, 3.63) is 65.6 Å². The largest absolute Gasteiger partial charge is 0.355 e. The molecule has 4 aromatic rings. The van der Waals surface area contributed by atoms with Crippen LogP contribution in [0.3, 0.4) is 0 Å². The van der Waals surface area contributed by atoms with Gasteiger partial charge in [0.05, 0.1) is 17.3 Å². The van der Waals surface area contributed by atoms with Crippen LogP contribution in [-0.2, 0) is 0 Å². The Morgan fingerprint density at radius 1 is 1.06 bits per heavy atom. The minimum Gasteiger partial charge on any atom is -0.355 e. The molecule has 34 heavy (non-hydrogen) atoms. The molecule has 1 amide bonds. The Bertz CT molecular complexity index is 1380. The van der Waals surface area contributed by atoms with Crippen molar-refractivity contribution in [2.75, 3.05) is 24.5 Å². The topological polar surface area (TPSA) is 92.6 Å². The molecule has 2 atom stereocenters. The standard InChI is InChI=1S/C26H29N7O/c1-17-15-33-24(29-25(17)31-13-11-19(27)16-31)14-22(30-33)23-8-4-5-12-32(23)26(34)21-10-9-18-6-2-3-7-20(18)28-21/h2-3,6-7,9-10,14-15,19,23H,4-5,8,11-13,16,27H2,1H3/t19-,23?/m0/s1. The second kappa shape index (κ2) is 8.36. The van der Waals surface area contributed by atoms with Gasteiger partial charge in [-0.2, -0.15) is 5.10 Å². The van der Waals surface area contributed by atoms with Crippen molar-refractivity contribution in [2.24, 2.45) is 5.73 Å². The highest BCUT2D eigenvalue weighted by Gasteiger charge is 2.32. The summed E-state index contributed by atoms with van der Waals surface area (Å²) < 4.78 is 1.84. The van der Waals surface area contributed by atoms with Crippen molar-refractivity contribution in [3.63, 3.8) is 0 Å². The quantitative estimate of drug-likeness (QED) is 0.508. The predicted molar refractivity (Wildman–Crippen MR) is 132 cm³/mol. The van der Waals surface area contributed by atoms with Crippen LogP contribution in [0.25, 0.3) is 16.6 Å². The third kappa shape index (κ3) is 3.68. The van der Waals surface area contributed by atoms with Gasteiger partial charge in [-0.25, -0.2) is 14.5 Å². The minimum atomic E-state index is -0.0832. The highest BCUT2D eigenvalue weighted by atomic mass is 16.2. The zero-order valence-corrected chi connectivity index (χ0v) is 19.4. The van der Waals surface area contributed by atoms with E-state index in [9.17, 15) is 4.79 Å². The first-order valence-electron chi connectivity index (χ1n) is 12.1. The van der Waals surface area contributed by atoms with Crippen molar-refractivity contribution in [3.8, 4) is 0 Å². The van der Waals surface area contributed by atoms with Crippen LogP contribution in [0.4, 0.5) is 5.82 Å². The molecule has 3 aromatic heterocycles. The highest BCUT2D eigenvalue weighted by Crippen LogP contribution is 2.32. The molecule has 2 saturated heterocycles. The first-order valence-corrected chi connectivity index (χ1v) is 12.1. The molecule has 0 aliphatic carbocycles. The molecule has 0 spiro atoms. The summed E-state index contributed by atoms with van der Waals surface area (Å²) in [4.78, 5) is 27.3. The number of amides is 1. The molecule has 2 aliphatic heterocycles. The fourth-order valence-electron chi connectivity index (χ4n) is 5.30. The van der Waals surface area contributed by atoms with Crippen LogP contribution in [0, 0.1) is 6.92 Å². The van der Waals surface area contributed by atoms with Gasteiger partial charge in [-0.05, 0) is 44.7 Å². The van der Waals surface area contributed by atoms with Crippen LogP contribution in [0.2, 0.25) is 0 Å². The Hall–Kier alpha value is -3.52. The number of piperidine rings is 1. The number of nitrogens with two attached hydrogens (primary N) is 1. The van der Waals surface area contributed by atoms with E-state index in [1.807, 2.05) is 58.1 Å². The van der Waals surface area contributed by atoms with Crippen molar-refractivity contribution in [2.45, 2.75) is 44.7 Å². The lowest BCUT2D eigenvalue weighted by atomic mass is 9.98. The molecule has 8 heteroatoms. The summed E-state index contributed by atoms with van der Waals surface area (Å²) in [5.41, 5.74) is 10.2. The lowest BCUT2D eigenvalue weighted by Crippen LogP contribution is -2.39. The fraction of sp³-hybridized carbons (Fsp3) is 0.385. The molecule has 0 bridgehead atoms. The van der Waals surface area contributed by atoms with Gasteiger partial charge in [0.15, 0.2) is 5.65 Å². The lowest BCUT2D eigenvalue weighted by molar-refractivity contribution is 0.0600. The molecule has 2 fully saturated rings. The van der Waals surface area contributed by atoms with E-state index in [2.05, 4.69) is 16.8 Å². The molecule has 1 unspecified atom stereocenters. The van der Waals surface area contributed by atoms with Crippen LogP contribution >= 0.6 is 0 Å². The number of carbonyl (C=O) groups excluding carboxylic acids is 1. The van der Waals surface area contributed by atoms with E-state index < -0.39 is 0 Å². The van der Waals surface area contributed by atoms with Crippen molar-refractivity contribution >= 4 is 28.3 Å². The number of nitrogens with zero attached hydrogens (tertiary/aromatic N) is 6. The third-order valence-electron chi connectivity index (χ3n) is 7.07. The number of aromatic nitrogens is 4. The van der Waals surface area contributed by atoms with Crippen molar-refractivity contribution in [1.29, 1.82) is 0 Å². The monoisotopic (exact) mass is 455 g/mol. The molecule has 5 heterocycles. The summed E-state index contributed by atoms with van der Waals surface area (Å²) in [7, 11) is 0. The molecule has 1 aromatic carbocycles. The zero-order valence-electron chi connectivity index (χ0n) is 19.4. The van der Waals surface area contributed by atoms with Crippen molar-refractivity contribution in [1.82, 2.24) is 24.5 Å². The van der Waals surface area contributed by atoms with E-state index in [1.165, 1.54) is 0 Å². The average Bonchev–Trinajstić information content (AvgIpc) is 3.48. The summed E-state index contributed by atoms with van der Waals surface area (Å²) >= 11 is 0. The number of benzene rings is 1. The van der Waals surface area contributed by atoms with Crippen LogP contribution in [0.5, 0.6) is 0 Å². The number of fused-ring (bicyclic) bond motifs is 2. The SMILES string of the molecule is Cc1cn2nc(C3CCCCN3C(=O)c3ccc4ccccc4n3)cc2nc1N1CC[C@H](N)C1. The van der Waals surface area contributed by atoms with Crippen LogP contribution in [0.15, 0.2) is 48.7 Å². The lowest BCUT2D eigenvalue weighted by Gasteiger charge is -2.34. The number of carbonyl (C=O) groups is 1. The van der Waals surface area contributed by atoms with E-state index >= 15 is 0 Å². The van der Waals surface area contributed by atoms with E-state index in [0.29, 0.717) is 12.2 Å². The van der Waals surface area contributed by atoms with Gasteiger partial charge in [0.2, 0.25) is 0 Å². The molecule has 6 rings (SSSR count). The Labute approximate surface area is 198 Å². The van der Waals surface area contributed by atoms with Gasteiger partial charge in [0, 0.05) is 48.9 Å². The van der Waals surface area contributed by atoms with E-state index in [0.717, 1.165) is 72.4 Å². The van der Waals surface area contributed by atoms with Crippen LogP contribution in [-0.4, -0.2) is 56.1 Å². The van der Waals surface area contributed by atoms with Crippen LogP contribution < -0.4 is 10.6 Å². The molecular formula is C26H29N7O. The van der Waals surface area contributed by atoms with Gasteiger partial charge in [-0.15, -0.1) is 0 Å². The van der Waals surface area contributed by atoms with Crippen molar-refractivity contribution < 1.29 is 4.79 Å². The zero-order chi connectivity index (χ0) is 23.2. The van der Waals surface area contributed by atoms with Crippen LogP contribution in [0.1, 0.15) is 53.5 Å². The summed E-state index contributed by atoms with van der Waals surface area (Å²) in [5, 5.41) is 5.89. The fourth-order valence-corrected chi connectivity index (χ4v) is 5.30. The molecular weight excluding hydrogens is 426 g/mol. The van der Waals surface area contributed by atoms with Gasteiger partial charge in [0.1, 0.15) is 11.5 Å². The van der Waals surface area contributed by atoms with Gasteiger partial charge in [-0.1, -0.05) is 24.3 Å². The third-order valence-corrected chi connectivity index (χ3v) is 7.07. The molecule has 2 aliphatic rings. The smallest absolute Gasteiger partial charge is 0.273 e.